The van der Waals surface area contributed by atoms with E-state index in [2.05, 4.69) is 5.32 Å². The minimum Gasteiger partial charge on any atom is -0.480 e. The molecule has 0 fully saturated rings. The monoisotopic (exact) mass is 507 g/mol. The molecule has 2 aromatic carbocycles. The summed E-state index contributed by atoms with van der Waals surface area (Å²) >= 11 is 0. The first-order valence-corrected chi connectivity index (χ1v) is 12.4. The lowest BCUT2D eigenvalue weighted by molar-refractivity contribution is -0.147. The molecule has 1 heterocycles. The number of benzene rings is 2. The van der Waals surface area contributed by atoms with Crippen LogP contribution in [0.15, 0.2) is 54.6 Å². The number of carboxylic acids is 1. The molecule has 0 aliphatic carbocycles. The molecule has 0 radical (unpaired) electrons. The van der Waals surface area contributed by atoms with E-state index in [-0.39, 0.29) is 30.9 Å². The Morgan fingerprint density at radius 1 is 1.03 bits per heavy atom. The van der Waals surface area contributed by atoms with Crippen LogP contribution >= 0.6 is 0 Å². The third kappa shape index (κ3) is 6.81. The number of amides is 3. The average Bonchev–Trinajstić information content (AvgIpc) is 2.89. The summed E-state index contributed by atoms with van der Waals surface area (Å²) < 4.78 is 0. The molecule has 9 heteroatoms. The summed E-state index contributed by atoms with van der Waals surface area (Å²) in [6.07, 6.45) is 0.492. The van der Waals surface area contributed by atoms with E-state index < -0.39 is 48.1 Å². The standard InChI is InChI=1S/C28H33N3O6/c1-18(2)13-14-23-28(37)30(17-20-9-5-4-6-10-20)22-12-8-7-11-21(22)25(33)15-24(31(23)19(3)32)27(36)29-16-26(34)35/h4-12,18,23-24H,13-17H2,1-3H3,(H,29,36)(H,34,35)/t23-,24+/m1/s1. The Hall–Kier alpha value is -4.01. The van der Waals surface area contributed by atoms with Crippen molar-refractivity contribution in [2.75, 3.05) is 11.4 Å². The highest BCUT2D eigenvalue weighted by atomic mass is 16.4. The number of anilines is 1. The normalized spacial score (nSPS) is 18.1. The third-order valence-electron chi connectivity index (χ3n) is 6.38. The number of ketones is 1. The summed E-state index contributed by atoms with van der Waals surface area (Å²) in [5.41, 5.74) is 1.51. The van der Waals surface area contributed by atoms with E-state index in [9.17, 15) is 24.0 Å². The molecule has 0 spiro atoms. The molecular weight excluding hydrogens is 474 g/mol. The van der Waals surface area contributed by atoms with Crippen LogP contribution in [0, 0.1) is 5.92 Å². The van der Waals surface area contributed by atoms with Crippen molar-refractivity contribution in [3.8, 4) is 0 Å². The van der Waals surface area contributed by atoms with Gasteiger partial charge in [0.1, 0.15) is 18.6 Å². The fraction of sp³-hybridized carbons (Fsp3) is 0.393. The molecule has 1 aliphatic heterocycles. The van der Waals surface area contributed by atoms with Crippen LogP contribution in [0.1, 0.15) is 56.0 Å². The molecule has 9 nitrogen and oxygen atoms in total. The molecule has 3 rings (SSSR count). The van der Waals surface area contributed by atoms with Gasteiger partial charge < -0.3 is 20.2 Å². The number of nitrogens with one attached hydrogen (secondary N) is 1. The summed E-state index contributed by atoms with van der Waals surface area (Å²) in [5, 5.41) is 11.3. The number of fused-ring (bicyclic) bond motifs is 1. The smallest absolute Gasteiger partial charge is 0.322 e. The molecule has 196 valence electrons. The number of carbonyl (C=O) groups excluding carboxylic acids is 4. The molecule has 1 aliphatic rings. The van der Waals surface area contributed by atoms with E-state index in [1.165, 1.54) is 16.7 Å². The maximum Gasteiger partial charge on any atom is 0.322 e. The maximum atomic E-state index is 14.3. The van der Waals surface area contributed by atoms with Crippen LogP contribution in [0.5, 0.6) is 0 Å². The van der Waals surface area contributed by atoms with Gasteiger partial charge in [-0.3, -0.25) is 24.0 Å². The van der Waals surface area contributed by atoms with Gasteiger partial charge in [0.05, 0.1) is 12.2 Å². The predicted octanol–water partition coefficient (Wildman–Crippen LogP) is 3.03. The van der Waals surface area contributed by atoms with Crippen LogP contribution in [0.25, 0.3) is 0 Å². The Morgan fingerprint density at radius 2 is 1.68 bits per heavy atom. The lowest BCUT2D eigenvalue weighted by atomic mass is 9.97. The first-order chi connectivity index (χ1) is 17.6. The van der Waals surface area contributed by atoms with Gasteiger partial charge in [0.25, 0.3) is 0 Å². The second-order valence-electron chi connectivity index (χ2n) is 9.60. The van der Waals surface area contributed by atoms with Gasteiger partial charge in [-0.2, -0.15) is 0 Å². The molecule has 0 unspecified atom stereocenters. The summed E-state index contributed by atoms with van der Waals surface area (Å²) in [4.78, 5) is 67.8. The highest BCUT2D eigenvalue weighted by molar-refractivity contribution is 6.10. The summed E-state index contributed by atoms with van der Waals surface area (Å²) in [6.45, 7) is 4.75. The van der Waals surface area contributed by atoms with Gasteiger partial charge in [-0.1, -0.05) is 56.3 Å². The van der Waals surface area contributed by atoms with Crippen molar-refractivity contribution in [3.05, 3.63) is 65.7 Å². The number of nitrogens with zero attached hydrogens (tertiary/aromatic N) is 2. The van der Waals surface area contributed by atoms with Crippen LogP contribution in [0.2, 0.25) is 0 Å². The number of hydrogen-bond donors (Lipinski definition) is 2. The van der Waals surface area contributed by atoms with Gasteiger partial charge in [0.15, 0.2) is 5.78 Å². The first kappa shape index (κ1) is 27.6. The van der Waals surface area contributed by atoms with E-state index in [0.29, 0.717) is 12.1 Å². The Bertz CT molecular complexity index is 1160. The number of aliphatic carboxylic acids is 1. The van der Waals surface area contributed by atoms with Gasteiger partial charge in [-0.25, -0.2) is 0 Å². The van der Waals surface area contributed by atoms with E-state index in [1.54, 1.807) is 24.3 Å². The van der Waals surface area contributed by atoms with E-state index in [0.717, 1.165) is 5.56 Å². The minimum atomic E-state index is -1.34. The van der Waals surface area contributed by atoms with Gasteiger partial charge in [0, 0.05) is 18.9 Å². The molecule has 2 aromatic rings. The molecular formula is C28H33N3O6. The predicted molar refractivity (Wildman–Crippen MR) is 138 cm³/mol. The van der Waals surface area contributed by atoms with Gasteiger partial charge in [-0.05, 0) is 36.5 Å². The average molecular weight is 508 g/mol. The van der Waals surface area contributed by atoms with E-state index in [1.807, 2.05) is 44.2 Å². The number of para-hydroxylation sites is 1. The minimum absolute atomic E-state index is 0.170. The second kappa shape index (κ2) is 12.3. The molecule has 0 bridgehead atoms. The van der Waals surface area contributed by atoms with Gasteiger partial charge >= 0.3 is 5.97 Å². The van der Waals surface area contributed by atoms with Gasteiger partial charge in [-0.15, -0.1) is 0 Å². The molecule has 0 aromatic heterocycles. The quantitative estimate of drug-likeness (QED) is 0.566. The molecule has 0 saturated heterocycles. The first-order valence-electron chi connectivity index (χ1n) is 12.4. The van der Waals surface area contributed by atoms with Crippen molar-refractivity contribution in [1.29, 1.82) is 0 Å². The Kier molecular flexibility index (Phi) is 9.16. The molecule has 2 atom stereocenters. The zero-order valence-corrected chi connectivity index (χ0v) is 21.3. The van der Waals surface area contributed by atoms with Crippen molar-refractivity contribution in [2.45, 2.75) is 58.7 Å². The largest absolute Gasteiger partial charge is 0.480 e. The fourth-order valence-electron chi connectivity index (χ4n) is 4.58. The van der Waals surface area contributed by atoms with Crippen molar-refractivity contribution < 1.29 is 29.1 Å². The number of hydrogen-bond acceptors (Lipinski definition) is 5. The molecule has 37 heavy (non-hydrogen) atoms. The fourth-order valence-corrected chi connectivity index (χ4v) is 4.58. The number of carboxylic acid groups (broad SMARTS) is 1. The Labute approximate surface area is 216 Å². The van der Waals surface area contributed by atoms with Crippen LogP contribution in [0.4, 0.5) is 5.69 Å². The maximum absolute atomic E-state index is 14.3. The third-order valence-corrected chi connectivity index (χ3v) is 6.38. The lowest BCUT2D eigenvalue weighted by Gasteiger charge is -2.37. The van der Waals surface area contributed by atoms with Crippen molar-refractivity contribution in [2.24, 2.45) is 5.92 Å². The summed E-state index contributed by atoms with van der Waals surface area (Å²) in [6, 6.07) is 13.7. The topological polar surface area (TPSA) is 124 Å². The molecule has 2 N–H and O–H groups in total. The molecule has 0 saturated carbocycles. The lowest BCUT2D eigenvalue weighted by Crippen LogP contribution is -2.58. The van der Waals surface area contributed by atoms with E-state index >= 15 is 0 Å². The summed E-state index contributed by atoms with van der Waals surface area (Å²) in [5.74, 6) is -3.21. The van der Waals surface area contributed by atoms with Crippen LogP contribution < -0.4 is 10.2 Å². The van der Waals surface area contributed by atoms with Gasteiger partial charge in [0.2, 0.25) is 17.7 Å². The number of carbonyl (C=O) groups is 5. The number of Topliss-reactive ketones (excluding diaryl/α,β-unsaturated/α-hetero) is 1. The molecule has 3 amide bonds. The number of rotatable bonds is 8. The summed E-state index contributed by atoms with van der Waals surface area (Å²) in [7, 11) is 0. The van der Waals surface area contributed by atoms with Crippen LogP contribution in [0.3, 0.4) is 0 Å². The van der Waals surface area contributed by atoms with Crippen molar-refractivity contribution in [1.82, 2.24) is 10.2 Å². The SMILES string of the molecule is CC(=O)N1[C@H](CCC(C)C)C(=O)N(Cc2ccccc2)c2ccccc2C(=O)C[C@H]1C(=O)NCC(=O)O. The van der Waals surface area contributed by atoms with Crippen LogP contribution in [-0.2, 0) is 25.7 Å². The Balaban J connectivity index is 2.18. The van der Waals surface area contributed by atoms with Crippen molar-refractivity contribution >= 4 is 35.2 Å². The second-order valence-corrected chi connectivity index (χ2v) is 9.60. The zero-order valence-electron chi connectivity index (χ0n) is 21.3. The highest BCUT2D eigenvalue weighted by Gasteiger charge is 2.42. The van der Waals surface area contributed by atoms with E-state index in [4.69, 9.17) is 5.11 Å². The van der Waals surface area contributed by atoms with Crippen LogP contribution in [-0.4, -0.2) is 58.1 Å². The van der Waals surface area contributed by atoms with Crippen molar-refractivity contribution in [3.63, 3.8) is 0 Å². The zero-order chi connectivity index (χ0) is 27.1. The Morgan fingerprint density at radius 3 is 2.30 bits per heavy atom. The highest BCUT2D eigenvalue weighted by Crippen LogP contribution is 2.31.